The Hall–Kier alpha value is -4.00. The summed E-state index contributed by atoms with van der Waals surface area (Å²) in [6.45, 7) is 8.38. The van der Waals surface area contributed by atoms with E-state index in [0.29, 0.717) is 11.2 Å². The number of nitrogens with two attached hydrogens (primary N) is 1. The van der Waals surface area contributed by atoms with Gasteiger partial charge in [0.25, 0.3) is 0 Å². The molecule has 27 heavy (non-hydrogen) atoms. The van der Waals surface area contributed by atoms with E-state index in [4.69, 9.17) is 17.0 Å². The molecule has 3 aromatic heterocycles. The lowest BCUT2D eigenvalue weighted by atomic mass is 10.2. The minimum Gasteiger partial charge on any atom is -0.467 e. The van der Waals surface area contributed by atoms with Gasteiger partial charge in [-0.3, -0.25) is 4.79 Å². The summed E-state index contributed by atoms with van der Waals surface area (Å²) in [6, 6.07) is 4.57. The number of rotatable bonds is 2. The van der Waals surface area contributed by atoms with Gasteiger partial charge in [-0.2, -0.15) is 19.7 Å². The van der Waals surface area contributed by atoms with Crippen molar-refractivity contribution >= 4 is 39.3 Å². The van der Waals surface area contributed by atoms with E-state index in [0.717, 1.165) is 4.68 Å². The first-order valence-electron chi connectivity index (χ1n) is 7.74. The molecule has 0 aliphatic heterocycles. The molecule has 0 fully saturated rings. The number of ether oxygens (including phenoxy) is 1. The lowest BCUT2D eigenvalue weighted by molar-refractivity contribution is 0.0926. The van der Waals surface area contributed by atoms with Crippen molar-refractivity contribution in [2.45, 2.75) is 6.92 Å². The summed E-state index contributed by atoms with van der Waals surface area (Å²) < 4.78 is 21.1. The molecule has 0 spiro atoms. The van der Waals surface area contributed by atoms with Crippen LogP contribution in [0.1, 0.15) is 11.7 Å². The fourth-order valence-corrected chi connectivity index (χ4v) is 2.89. The van der Waals surface area contributed by atoms with Crippen LogP contribution in [0.5, 0.6) is 6.01 Å². The molecule has 4 aromatic rings. The van der Waals surface area contributed by atoms with Crippen LogP contribution < -0.4 is 10.5 Å². The van der Waals surface area contributed by atoms with Crippen molar-refractivity contribution < 1.29 is 13.9 Å². The first-order chi connectivity index (χ1) is 12.9. The molecule has 0 aliphatic rings. The average Bonchev–Trinajstić information content (AvgIpc) is 3.19. The van der Waals surface area contributed by atoms with Crippen LogP contribution in [0.3, 0.4) is 0 Å². The van der Waals surface area contributed by atoms with E-state index in [9.17, 15) is 4.79 Å². The molecular formula is C17H12FN7O2. The molecule has 10 heteroatoms. The van der Waals surface area contributed by atoms with E-state index in [-0.39, 0.29) is 39.6 Å². The zero-order valence-corrected chi connectivity index (χ0v) is 14.2. The number of halogens is 1. The van der Waals surface area contributed by atoms with Crippen LogP contribution in [-0.4, -0.2) is 37.7 Å². The van der Waals surface area contributed by atoms with Crippen molar-refractivity contribution in [3.8, 4) is 17.4 Å². The first-order valence-corrected chi connectivity index (χ1v) is 7.74. The van der Waals surface area contributed by atoms with Gasteiger partial charge in [0.15, 0.2) is 17.2 Å². The second-order valence-corrected chi connectivity index (χ2v) is 5.73. The van der Waals surface area contributed by atoms with Crippen LogP contribution in [0.2, 0.25) is 0 Å². The molecule has 0 radical (unpaired) electrons. The molecule has 0 saturated carbocycles. The van der Waals surface area contributed by atoms with Crippen LogP contribution in [0, 0.1) is 12.4 Å². The van der Waals surface area contributed by atoms with Gasteiger partial charge < -0.3 is 15.5 Å². The summed E-state index contributed by atoms with van der Waals surface area (Å²) in [7, 11) is 1.36. The molecule has 4 rings (SSSR count). The van der Waals surface area contributed by atoms with E-state index < -0.39 is 11.7 Å². The van der Waals surface area contributed by atoms with Gasteiger partial charge in [0.05, 0.1) is 19.1 Å². The maximum atomic E-state index is 15.1. The Morgan fingerprint density at radius 3 is 2.85 bits per heavy atom. The summed E-state index contributed by atoms with van der Waals surface area (Å²) in [5, 5.41) is 4.65. The fourth-order valence-electron chi connectivity index (χ4n) is 2.89. The lowest BCUT2D eigenvalue weighted by Gasteiger charge is -2.02. The second-order valence-electron chi connectivity index (χ2n) is 5.73. The Morgan fingerprint density at radius 1 is 1.41 bits per heavy atom. The van der Waals surface area contributed by atoms with E-state index in [1.807, 2.05) is 0 Å². The van der Waals surface area contributed by atoms with E-state index in [1.165, 1.54) is 20.1 Å². The third-order valence-corrected chi connectivity index (χ3v) is 4.10. The molecule has 0 bridgehead atoms. The predicted octanol–water partition coefficient (Wildman–Crippen LogP) is 2.92. The number of methoxy groups -OCH3 is 1. The molecule has 3 heterocycles. The average molecular weight is 365 g/mol. The molecule has 0 atom stereocenters. The van der Waals surface area contributed by atoms with Gasteiger partial charge in [-0.15, -0.1) is 0 Å². The number of carbonyl (C=O) groups excluding carboxylic acids is 1. The zero-order valence-electron chi connectivity index (χ0n) is 14.2. The first kappa shape index (κ1) is 16.5. The second kappa shape index (κ2) is 5.77. The van der Waals surface area contributed by atoms with Crippen molar-refractivity contribution in [3.05, 3.63) is 35.4 Å². The number of fused-ring (bicyclic) bond motifs is 2. The SMILES string of the molecule is [C-]#[N+]c1ccc2[nH]c(-c3nn(C(C)=O)c4nc(OC)nc(N)c34)c(F)c2c1. The van der Waals surface area contributed by atoms with Crippen LogP contribution in [0.4, 0.5) is 15.9 Å². The smallest absolute Gasteiger partial charge is 0.320 e. The van der Waals surface area contributed by atoms with Crippen molar-refractivity contribution in [1.82, 2.24) is 24.7 Å². The van der Waals surface area contributed by atoms with Crippen LogP contribution in [0.15, 0.2) is 18.2 Å². The monoisotopic (exact) mass is 365 g/mol. The number of anilines is 1. The van der Waals surface area contributed by atoms with E-state index in [2.05, 4.69) is 24.9 Å². The molecule has 3 N–H and O–H groups in total. The number of aromatic nitrogens is 5. The van der Waals surface area contributed by atoms with Crippen LogP contribution in [-0.2, 0) is 0 Å². The molecule has 0 saturated heterocycles. The van der Waals surface area contributed by atoms with Crippen LogP contribution >= 0.6 is 0 Å². The normalized spacial score (nSPS) is 11.0. The van der Waals surface area contributed by atoms with Gasteiger partial charge in [0.2, 0.25) is 5.91 Å². The number of carbonyl (C=O) groups is 1. The minimum atomic E-state index is -0.610. The molecule has 0 unspecified atom stereocenters. The van der Waals surface area contributed by atoms with Gasteiger partial charge in [0, 0.05) is 17.8 Å². The third kappa shape index (κ3) is 2.36. The summed E-state index contributed by atoms with van der Waals surface area (Å²) in [6.07, 6.45) is 0. The Labute approximate surface area is 151 Å². The highest BCUT2D eigenvalue weighted by molar-refractivity contribution is 6.03. The topological polar surface area (TPSA) is 116 Å². The molecule has 9 nitrogen and oxygen atoms in total. The van der Waals surface area contributed by atoms with Gasteiger partial charge in [0.1, 0.15) is 17.2 Å². The summed E-state index contributed by atoms with van der Waals surface area (Å²) >= 11 is 0. The maximum absolute atomic E-state index is 15.1. The zero-order chi connectivity index (χ0) is 19.3. The standard InChI is InChI=1S/C17H12FN7O2/c1-7(26)25-16-11(15(19)22-17(23-16)27-3)13(24-25)14-12(18)9-6-8(20-2)4-5-10(9)21-14/h4-6,21H,1,3H3,(H2,19,22,23). The van der Waals surface area contributed by atoms with Crippen molar-refractivity contribution in [1.29, 1.82) is 0 Å². The molecule has 0 amide bonds. The quantitative estimate of drug-likeness (QED) is 0.528. The maximum Gasteiger partial charge on any atom is 0.320 e. The number of hydrogen-bond acceptors (Lipinski definition) is 6. The summed E-state index contributed by atoms with van der Waals surface area (Å²) in [5.41, 5.74) is 7.02. The molecule has 0 aliphatic carbocycles. The predicted molar refractivity (Wildman–Crippen MR) is 96.1 cm³/mol. The molecule has 1 aromatic carbocycles. The van der Waals surface area contributed by atoms with E-state index >= 15 is 4.39 Å². The minimum absolute atomic E-state index is 0.000691. The highest BCUT2D eigenvalue weighted by Crippen LogP contribution is 2.36. The number of benzene rings is 1. The third-order valence-electron chi connectivity index (χ3n) is 4.10. The van der Waals surface area contributed by atoms with Gasteiger partial charge in [-0.05, 0) is 12.1 Å². The Bertz CT molecular complexity index is 1280. The number of nitrogens with one attached hydrogen (secondary N) is 1. The Balaban J connectivity index is 2.08. The number of nitrogens with zero attached hydrogens (tertiary/aromatic N) is 5. The summed E-state index contributed by atoms with van der Waals surface area (Å²) in [4.78, 5) is 26.3. The fraction of sp³-hybridized carbons (Fsp3) is 0.118. The Morgan fingerprint density at radius 2 is 2.19 bits per heavy atom. The Kier molecular flexibility index (Phi) is 3.52. The van der Waals surface area contributed by atoms with E-state index in [1.54, 1.807) is 12.1 Å². The van der Waals surface area contributed by atoms with Crippen molar-refractivity contribution in [2.75, 3.05) is 12.8 Å². The van der Waals surface area contributed by atoms with Crippen molar-refractivity contribution in [2.24, 2.45) is 0 Å². The highest BCUT2D eigenvalue weighted by Gasteiger charge is 2.25. The van der Waals surface area contributed by atoms with Crippen molar-refractivity contribution in [3.63, 3.8) is 0 Å². The number of aromatic amines is 1. The van der Waals surface area contributed by atoms with Crippen LogP contribution in [0.25, 0.3) is 38.2 Å². The number of hydrogen-bond donors (Lipinski definition) is 2. The van der Waals surface area contributed by atoms with Gasteiger partial charge in [-0.25, -0.2) is 9.24 Å². The molecule has 134 valence electrons. The highest BCUT2D eigenvalue weighted by atomic mass is 19.1. The van der Waals surface area contributed by atoms with Gasteiger partial charge >= 0.3 is 6.01 Å². The lowest BCUT2D eigenvalue weighted by Crippen LogP contribution is -2.09. The number of H-pyrrole nitrogens is 1. The van der Waals surface area contributed by atoms with Gasteiger partial charge in [-0.1, -0.05) is 6.07 Å². The molecular weight excluding hydrogens is 353 g/mol. The largest absolute Gasteiger partial charge is 0.467 e. The number of nitrogen functional groups attached to an aromatic ring is 1. The summed E-state index contributed by atoms with van der Waals surface area (Å²) in [5.74, 6) is -1.04.